The first-order valence-electron chi connectivity index (χ1n) is 14.4. The van der Waals surface area contributed by atoms with Crippen LogP contribution in [0.5, 0.6) is 5.75 Å². The van der Waals surface area contributed by atoms with Crippen molar-refractivity contribution in [3.63, 3.8) is 0 Å². The molecular weight excluding hydrogens is 674 g/mol. The molecule has 0 aliphatic heterocycles. The molecule has 0 aliphatic carbocycles. The number of carbonyl (C=O) groups excluding carboxylic acids is 1. The van der Waals surface area contributed by atoms with Crippen LogP contribution in [0.25, 0.3) is 0 Å². The summed E-state index contributed by atoms with van der Waals surface area (Å²) in [6.45, 7) is 0.423. The average Bonchev–Trinajstić information content (AvgIpc) is 3.03. The van der Waals surface area contributed by atoms with Gasteiger partial charge in [0.15, 0.2) is 0 Å². The van der Waals surface area contributed by atoms with Gasteiger partial charge in [-0.3, -0.25) is 4.79 Å². The number of hydrogen-bond donors (Lipinski definition) is 2. The second-order valence-corrected chi connectivity index (χ2v) is 10.8. The Morgan fingerprint density at radius 3 is 2.16 bits per heavy atom. The molecule has 0 fully saturated rings. The van der Waals surface area contributed by atoms with Crippen molar-refractivity contribution >= 4 is 5.91 Å². The fraction of sp³-hybridized carbons (Fsp3) is 0.265. The van der Waals surface area contributed by atoms with E-state index in [1.807, 2.05) is 0 Å². The minimum absolute atomic E-state index is 0.00135. The molecule has 0 heterocycles. The second-order valence-electron chi connectivity index (χ2n) is 10.8. The van der Waals surface area contributed by atoms with Gasteiger partial charge in [-0.1, -0.05) is 36.4 Å². The normalized spacial score (nSPS) is 13.3. The summed E-state index contributed by atoms with van der Waals surface area (Å²) in [7, 11) is 1.44. The van der Waals surface area contributed by atoms with Gasteiger partial charge in [-0.25, -0.2) is 13.2 Å². The monoisotopic (exact) mass is 702 g/mol. The van der Waals surface area contributed by atoms with Crippen LogP contribution in [0.1, 0.15) is 38.2 Å². The molecule has 1 atom stereocenters. The number of alkyl halides is 7. The summed E-state index contributed by atoms with van der Waals surface area (Å²) in [4.78, 5) is 13.8. The van der Waals surface area contributed by atoms with E-state index in [1.165, 1.54) is 19.2 Å². The number of benzene rings is 4. The number of amides is 1. The minimum Gasteiger partial charge on any atom is -0.428 e. The van der Waals surface area contributed by atoms with E-state index in [4.69, 9.17) is 4.74 Å². The Labute approximate surface area is 273 Å². The second kappa shape index (κ2) is 15.3. The molecule has 5 nitrogen and oxygen atoms in total. The summed E-state index contributed by atoms with van der Waals surface area (Å²) in [6, 6.07) is 14.6. The van der Waals surface area contributed by atoms with Crippen LogP contribution in [0.4, 0.5) is 43.9 Å². The van der Waals surface area contributed by atoms with E-state index in [9.17, 15) is 39.9 Å². The standard InChI is InChI=1S/C34H28F10N2O3/c1-48-12-11-45-19-22-13-23(8-10-28(22)36)32(18-20-5-3-2-4-6-20,24-15-25(35)17-26(16-24)49-34(43,44)31(38)39)46-30(47)21-7-9-29(37)27(14-21)33(40,41)42/h2-10,13-17,31,45H,11-12,18-19H2,1H3,(H,46,47)/t32-/m1/s1. The predicted molar refractivity (Wildman–Crippen MR) is 158 cm³/mol. The van der Waals surface area contributed by atoms with Gasteiger partial charge in [-0.2, -0.15) is 30.7 Å². The third kappa shape index (κ3) is 9.09. The van der Waals surface area contributed by atoms with Crippen molar-refractivity contribution in [3.05, 3.63) is 136 Å². The molecule has 0 saturated carbocycles. The van der Waals surface area contributed by atoms with Crippen molar-refractivity contribution in [1.29, 1.82) is 0 Å². The maximum Gasteiger partial charge on any atom is 0.461 e. The zero-order chi connectivity index (χ0) is 36.0. The van der Waals surface area contributed by atoms with Crippen molar-refractivity contribution < 1.29 is 58.2 Å². The highest BCUT2D eigenvalue weighted by atomic mass is 19.4. The first-order chi connectivity index (χ1) is 23.1. The quantitative estimate of drug-likeness (QED) is 0.103. The molecule has 0 radical (unpaired) electrons. The van der Waals surface area contributed by atoms with E-state index < -0.39 is 70.0 Å². The van der Waals surface area contributed by atoms with Crippen LogP contribution < -0.4 is 15.4 Å². The smallest absolute Gasteiger partial charge is 0.428 e. The lowest BCUT2D eigenvalue weighted by molar-refractivity contribution is -0.253. The molecule has 4 aromatic rings. The number of ether oxygens (including phenoxy) is 2. The van der Waals surface area contributed by atoms with Crippen molar-refractivity contribution in [1.82, 2.24) is 10.6 Å². The van der Waals surface area contributed by atoms with Crippen molar-refractivity contribution in [2.45, 2.75) is 37.2 Å². The fourth-order valence-corrected chi connectivity index (χ4v) is 5.05. The van der Waals surface area contributed by atoms with Gasteiger partial charge in [0.25, 0.3) is 5.91 Å². The van der Waals surface area contributed by atoms with Gasteiger partial charge in [0.05, 0.1) is 17.7 Å². The molecule has 0 aromatic heterocycles. The number of halogens is 10. The average molecular weight is 703 g/mol. The molecule has 1 amide bonds. The van der Waals surface area contributed by atoms with Crippen LogP contribution in [0.15, 0.2) is 84.9 Å². The lowest BCUT2D eigenvalue weighted by atomic mass is 9.77. The van der Waals surface area contributed by atoms with Gasteiger partial charge >= 0.3 is 18.7 Å². The van der Waals surface area contributed by atoms with Crippen LogP contribution in [-0.2, 0) is 29.4 Å². The highest BCUT2D eigenvalue weighted by Crippen LogP contribution is 2.39. The number of hydrogen-bond acceptors (Lipinski definition) is 4. The largest absolute Gasteiger partial charge is 0.461 e. The fourth-order valence-electron chi connectivity index (χ4n) is 5.05. The lowest BCUT2D eigenvalue weighted by Crippen LogP contribution is -2.49. The summed E-state index contributed by atoms with van der Waals surface area (Å²) < 4.78 is 148. The Balaban J connectivity index is 1.98. The molecule has 4 aromatic carbocycles. The molecule has 15 heteroatoms. The first-order valence-corrected chi connectivity index (χ1v) is 14.4. The molecule has 262 valence electrons. The molecule has 0 spiro atoms. The minimum atomic E-state index is -5.20. The van der Waals surface area contributed by atoms with E-state index in [0.29, 0.717) is 17.7 Å². The number of nitrogens with one attached hydrogen (secondary N) is 2. The Kier molecular flexibility index (Phi) is 11.6. The third-order valence-electron chi connectivity index (χ3n) is 7.38. The lowest BCUT2D eigenvalue weighted by Gasteiger charge is -2.37. The van der Waals surface area contributed by atoms with Crippen LogP contribution in [0.3, 0.4) is 0 Å². The van der Waals surface area contributed by atoms with Crippen LogP contribution in [0.2, 0.25) is 0 Å². The van der Waals surface area contributed by atoms with Crippen LogP contribution in [-0.4, -0.2) is 38.7 Å². The molecule has 4 rings (SSSR count). The number of carbonyl (C=O) groups is 1. The molecule has 0 unspecified atom stereocenters. The summed E-state index contributed by atoms with van der Waals surface area (Å²) in [5, 5.41) is 5.47. The van der Waals surface area contributed by atoms with Gasteiger partial charge in [-0.05, 0) is 59.2 Å². The molecular formula is C34H28F10N2O3. The summed E-state index contributed by atoms with van der Waals surface area (Å²) >= 11 is 0. The molecule has 2 N–H and O–H groups in total. The summed E-state index contributed by atoms with van der Waals surface area (Å²) in [6.07, 6.45) is -15.0. The van der Waals surface area contributed by atoms with Gasteiger partial charge in [0.1, 0.15) is 23.2 Å². The van der Waals surface area contributed by atoms with E-state index in [1.54, 1.807) is 30.3 Å². The highest BCUT2D eigenvalue weighted by molar-refractivity contribution is 5.95. The van der Waals surface area contributed by atoms with Crippen molar-refractivity contribution in [2.75, 3.05) is 20.3 Å². The van der Waals surface area contributed by atoms with E-state index >= 15 is 8.78 Å². The molecule has 49 heavy (non-hydrogen) atoms. The van der Waals surface area contributed by atoms with E-state index in [-0.39, 0.29) is 43.3 Å². The third-order valence-corrected chi connectivity index (χ3v) is 7.38. The van der Waals surface area contributed by atoms with Gasteiger partial charge in [-0.15, -0.1) is 0 Å². The van der Waals surface area contributed by atoms with E-state index in [0.717, 1.165) is 24.3 Å². The Hall–Kier alpha value is -4.63. The molecule has 0 saturated heterocycles. The molecule has 0 bridgehead atoms. The maximum absolute atomic E-state index is 15.2. The summed E-state index contributed by atoms with van der Waals surface area (Å²) in [5.41, 5.74) is -4.63. The Morgan fingerprint density at radius 2 is 1.51 bits per heavy atom. The topological polar surface area (TPSA) is 59.6 Å². The van der Waals surface area contributed by atoms with Crippen LogP contribution in [0, 0.1) is 17.5 Å². The maximum atomic E-state index is 15.2. The van der Waals surface area contributed by atoms with Gasteiger partial charge < -0.3 is 20.1 Å². The number of methoxy groups -OCH3 is 1. The van der Waals surface area contributed by atoms with Crippen molar-refractivity contribution in [3.8, 4) is 5.75 Å². The van der Waals surface area contributed by atoms with Gasteiger partial charge in [0.2, 0.25) is 0 Å². The molecule has 0 aliphatic rings. The number of rotatable bonds is 14. The zero-order valence-electron chi connectivity index (χ0n) is 25.5. The summed E-state index contributed by atoms with van der Waals surface area (Å²) in [5.74, 6) is -6.04. The first kappa shape index (κ1) is 37.2. The zero-order valence-corrected chi connectivity index (χ0v) is 25.5. The highest BCUT2D eigenvalue weighted by Gasteiger charge is 2.45. The SMILES string of the molecule is COCCNCc1cc([C@@](Cc2ccccc2)(NC(=O)c2ccc(F)c(C(F)(F)F)c2)c2cc(F)cc(OC(F)(F)C(F)F)c2)ccc1F. The Morgan fingerprint density at radius 1 is 0.816 bits per heavy atom. The van der Waals surface area contributed by atoms with Crippen molar-refractivity contribution in [2.24, 2.45) is 0 Å². The van der Waals surface area contributed by atoms with Gasteiger partial charge in [0, 0.05) is 43.8 Å². The Bertz CT molecular complexity index is 1750. The predicted octanol–water partition coefficient (Wildman–Crippen LogP) is 8.01. The van der Waals surface area contributed by atoms with E-state index in [2.05, 4.69) is 15.4 Å². The van der Waals surface area contributed by atoms with Crippen LogP contribution >= 0.6 is 0 Å².